The first-order valence-corrected chi connectivity index (χ1v) is 3.18. The Hall–Kier alpha value is -0.0503. The zero-order valence-corrected chi connectivity index (χ0v) is 9.29. The van der Waals surface area contributed by atoms with Crippen molar-refractivity contribution in [3.05, 3.63) is 0 Å². The van der Waals surface area contributed by atoms with Crippen LogP contribution in [0, 0.1) is 0 Å². The van der Waals surface area contributed by atoms with E-state index >= 15 is 0 Å². The van der Waals surface area contributed by atoms with Crippen LogP contribution in [0.15, 0.2) is 0 Å². The second kappa shape index (κ2) is 7.27. The summed E-state index contributed by atoms with van der Waals surface area (Å²) in [6.45, 7) is -1.08. The molecule has 14 heavy (non-hydrogen) atoms. The third-order valence-corrected chi connectivity index (χ3v) is 1.26. The van der Waals surface area contributed by atoms with Gasteiger partial charge in [-0.25, -0.2) is 4.79 Å². The summed E-state index contributed by atoms with van der Waals surface area (Å²) in [6, 6.07) is 0. The van der Waals surface area contributed by atoms with Crippen molar-refractivity contribution < 1.29 is 34.8 Å². The number of aliphatic hydroxyl groups is 3. The predicted octanol–water partition coefficient (Wildman–Crippen LogP) is -3.46. The minimum Gasteiger partial charge on any atom is -0.475 e. The minimum absolute atomic E-state index is 0. The molecule has 0 heterocycles. The molecule has 0 aromatic heterocycles. The molecule has 0 amide bonds. The fourth-order valence-electron chi connectivity index (χ4n) is 0.540. The molecule has 0 rings (SSSR count). The smallest absolute Gasteiger partial charge is 0.375 e. The van der Waals surface area contributed by atoms with Gasteiger partial charge >= 0.3 is 5.97 Å². The van der Waals surface area contributed by atoms with Crippen LogP contribution in [0.25, 0.3) is 0 Å². The Kier molecular flexibility index (Phi) is 8.51. The van der Waals surface area contributed by atoms with Crippen molar-refractivity contribution in [2.24, 2.45) is 0 Å². The molecule has 2 atom stereocenters. The summed E-state index contributed by atoms with van der Waals surface area (Å²) in [6.07, 6.45) is -4.54. The summed E-state index contributed by atoms with van der Waals surface area (Å²) >= 11 is 0. The number of hydrogen-bond acceptors (Lipinski definition) is 6. The van der Waals surface area contributed by atoms with Gasteiger partial charge in [0.2, 0.25) is 0 Å². The summed E-state index contributed by atoms with van der Waals surface area (Å²) < 4.78 is 0. The van der Waals surface area contributed by atoms with E-state index in [9.17, 15) is 14.4 Å². The van der Waals surface area contributed by atoms with Gasteiger partial charge in [0.1, 0.15) is 12.7 Å². The Balaban J connectivity index is 0. The maximum absolute atomic E-state index is 10.5. The molecule has 0 saturated carbocycles. The van der Waals surface area contributed by atoms with E-state index in [0.29, 0.717) is 0 Å². The molecule has 0 saturated heterocycles. The minimum atomic E-state index is -2.34. The molecular weight excluding hydrogens is 224 g/mol. The number of rotatable bonds is 5. The molecule has 2 radical (unpaired) electrons. The summed E-state index contributed by atoms with van der Waals surface area (Å²) in [7, 11) is 0. The SMILES string of the molecule is O=C(O)C(=O)[C@@H](O)[C@H](O)C(=O)CO.[Ca]. The maximum atomic E-state index is 10.5. The van der Waals surface area contributed by atoms with E-state index in [0.717, 1.165) is 0 Å². The van der Waals surface area contributed by atoms with Crippen LogP contribution in [0.1, 0.15) is 0 Å². The number of carboxylic acid groups (broad SMARTS) is 1. The van der Waals surface area contributed by atoms with Gasteiger partial charge in [0.25, 0.3) is 5.78 Å². The number of carbonyl (C=O) groups excluding carboxylic acids is 2. The van der Waals surface area contributed by atoms with Crippen LogP contribution in [0.3, 0.4) is 0 Å². The first-order chi connectivity index (χ1) is 5.91. The molecule has 0 aliphatic heterocycles. The van der Waals surface area contributed by atoms with E-state index in [1.165, 1.54) is 0 Å². The van der Waals surface area contributed by atoms with Gasteiger partial charge in [-0.2, -0.15) is 0 Å². The number of hydrogen-bond donors (Lipinski definition) is 4. The molecule has 0 unspecified atom stereocenters. The molecular formula is C6H8CaO7. The van der Waals surface area contributed by atoms with Crippen molar-refractivity contribution in [1.29, 1.82) is 0 Å². The van der Waals surface area contributed by atoms with Crippen LogP contribution in [0.4, 0.5) is 0 Å². The van der Waals surface area contributed by atoms with Gasteiger partial charge in [-0.15, -0.1) is 0 Å². The average molecular weight is 232 g/mol. The molecule has 0 aliphatic carbocycles. The third-order valence-electron chi connectivity index (χ3n) is 1.26. The van der Waals surface area contributed by atoms with Crippen LogP contribution in [0.2, 0.25) is 0 Å². The fraction of sp³-hybridized carbons (Fsp3) is 0.500. The van der Waals surface area contributed by atoms with E-state index in [1.54, 1.807) is 0 Å². The molecule has 8 heteroatoms. The summed E-state index contributed by atoms with van der Waals surface area (Å²) in [5.41, 5.74) is 0. The van der Waals surface area contributed by atoms with Crippen LogP contribution in [0.5, 0.6) is 0 Å². The zero-order chi connectivity index (χ0) is 10.6. The van der Waals surface area contributed by atoms with Crippen LogP contribution < -0.4 is 0 Å². The second-order valence-electron chi connectivity index (χ2n) is 2.18. The Morgan fingerprint density at radius 1 is 1.07 bits per heavy atom. The standard InChI is InChI=1S/C6H8O7.Ca/c7-1-2(8)3(9)4(10)5(11)6(12)13;/h3-4,7,9-10H,1H2,(H,12,13);/t3-,4+;/m1./s1. The molecule has 0 aromatic rings. The summed E-state index contributed by atoms with van der Waals surface area (Å²) in [4.78, 5) is 30.9. The van der Waals surface area contributed by atoms with Crippen LogP contribution in [-0.2, 0) is 14.4 Å². The van der Waals surface area contributed by atoms with E-state index in [1.807, 2.05) is 0 Å². The Bertz CT molecular complexity index is 238. The van der Waals surface area contributed by atoms with Crippen molar-refractivity contribution in [1.82, 2.24) is 0 Å². The molecule has 7 nitrogen and oxygen atoms in total. The number of aliphatic hydroxyl groups excluding tert-OH is 3. The third kappa shape index (κ3) is 4.45. The van der Waals surface area contributed by atoms with Gasteiger partial charge in [0.05, 0.1) is 0 Å². The van der Waals surface area contributed by atoms with Gasteiger partial charge in [-0.05, 0) is 0 Å². The van der Waals surface area contributed by atoms with Gasteiger partial charge in [-0.1, -0.05) is 0 Å². The van der Waals surface area contributed by atoms with Crippen molar-refractivity contribution in [2.45, 2.75) is 12.2 Å². The van der Waals surface area contributed by atoms with Gasteiger partial charge < -0.3 is 20.4 Å². The average Bonchev–Trinajstić information content (AvgIpc) is 2.12. The molecule has 4 N–H and O–H groups in total. The van der Waals surface area contributed by atoms with Gasteiger partial charge in [0.15, 0.2) is 11.9 Å². The van der Waals surface area contributed by atoms with E-state index in [-0.39, 0.29) is 37.7 Å². The van der Waals surface area contributed by atoms with Crippen molar-refractivity contribution in [3.63, 3.8) is 0 Å². The maximum Gasteiger partial charge on any atom is 0.375 e. The van der Waals surface area contributed by atoms with E-state index in [2.05, 4.69) is 0 Å². The normalized spacial score (nSPS) is 13.6. The van der Waals surface area contributed by atoms with E-state index in [4.69, 9.17) is 20.4 Å². The Morgan fingerprint density at radius 3 is 1.79 bits per heavy atom. The van der Waals surface area contributed by atoms with Crippen molar-refractivity contribution >= 4 is 55.3 Å². The van der Waals surface area contributed by atoms with Crippen LogP contribution in [-0.4, -0.2) is 94.5 Å². The number of carboxylic acids is 1. The second-order valence-corrected chi connectivity index (χ2v) is 2.18. The molecule has 0 fully saturated rings. The summed E-state index contributed by atoms with van der Waals surface area (Å²) in [5, 5.41) is 33.8. The number of Topliss-reactive ketones (excluding diaryl/α,β-unsaturated/α-hetero) is 2. The summed E-state index contributed by atoms with van der Waals surface area (Å²) in [5.74, 6) is -4.88. The molecule has 0 aromatic carbocycles. The molecule has 0 spiro atoms. The monoisotopic (exact) mass is 232 g/mol. The van der Waals surface area contributed by atoms with Crippen molar-refractivity contribution in [2.75, 3.05) is 6.61 Å². The topological polar surface area (TPSA) is 132 Å². The van der Waals surface area contributed by atoms with Crippen molar-refractivity contribution in [3.8, 4) is 0 Å². The number of aliphatic carboxylic acids is 1. The van der Waals surface area contributed by atoms with Gasteiger partial charge in [0, 0.05) is 37.7 Å². The Morgan fingerprint density at radius 2 is 1.50 bits per heavy atom. The number of ketones is 2. The largest absolute Gasteiger partial charge is 0.475 e. The molecule has 0 aliphatic rings. The predicted molar refractivity (Wildman–Crippen MR) is 42.5 cm³/mol. The molecule has 76 valence electrons. The number of carbonyl (C=O) groups is 3. The zero-order valence-electron chi connectivity index (χ0n) is 7.08. The van der Waals surface area contributed by atoms with E-state index < -0.39 is 36.4 Å². The first kappa shape index (κ1) is 16.4. The first-order valence-electron chi connectivity index (χ1n) is 3.18. The Labute approximate surface area is 108 Å². The van der Waals surface area contributed by atoms with Crippen LogP contribution >= 0.6 is 0 Å². The van der Waals surface area contributed by atoms with Gasteiger partial charge in [-0.3, -0.25) is 9.59 Å². The molecule has 0 bridgehead atoms. The fourth-order valence-corrected chi connectivity index (χ4v) is 0.540. The quantitative estimate of drug-likeness (QED) is 0.286.